The Balaban J connectivity index is 1.05. The van der Waals surface area contributed by atoms with Crippen LogP contribution in [0.25, 0.3) is 10.2 Å². The van der Waals surface area contributed by atoms with Gasteiger partial charge in [-0.2, -0.15) is 5.10 Å². The molecule has 64 heavy (non-hydrogen) atoms. The Morgan fingerprint density at radius 2 is 1.39 bits per heavy atom. The van der Waals surface area contributed by atoms with E-state index >= 15 is 0 Å². The predicted octanol–water partition coefficient (Wildman–Crippen LogP) is 10.9. The molecule has 4 aromatic rings. The first kappa shape index (κ1) is 47.7. The second-order valence-electron chi connectivity index (χ2n) is 16.5. The lowest BCUT2D eigenvalue weighted by Gasteiger charge is -2.29. The van der Waals surface area contributed by atoms with Gasteiger partial charge in [-0.3, -0.25) is 9.59 Å². The van der Waals surface area contributed by atoms with Gasteiger partial charge in [0, 0.05) is 17.7 Å². The van der Waals surface area contributed by atoms with Crippen molar-refractivity contribution in [1.82, 2.24) is 4.98 Å². The SMILES string of the molecule is C=CC(=O)OCCCCCCOc1ccc(OC(=O)C2CCC(C(=O)Oc3ccc(C4CCC(CCC)CC4)cc3/C=N/N(CCOC(=O)C=C)c3nc4ccccc4s3)CC2)cc1. The number of thiazole rings is 1. The number of carbonyl (C=O) groups is 4. The number of rotatable bonds is 23. The zero-order valence-corrected chi connectivity index (χ0v) is 37.8. The zero-order chi connectivity index (χ0) is 45.1. The van der Waals surface area contributed by atoms with Crippen LogP contribution in [-0.2, 0) is 28.7 Å². The van der Waals surface area contributed by atoms with E-state index in [2.05, 4.69) is 32.2 Å². The van der Waals surface area contributed by atoms with Crippen molar-refractivity contribution in [2.75, 3.05) is 31.4 Å². The molecule has 1 heterocycles. The lowest BCUT2D eigenvalue weighted by atomic mass is 9.77. The van der Waals surface area contributed by atoms with Gasteiger partial charge in [0.25, 0.3) is 0 Å². The van der Waals surface area contributed by atoms with Crippen LogP contribution in [0.1, 0.15) is 114 Å². The first-order valence-corrected chi connectivity index (χ1v) is 23.6. The summed E-state index contributed by atoms with van der Waals surface area (Å²) < 4.78 is 29.1. The number of benzene rings is 3. The minimum atomic E-state index is -0.519. The zero-order valence-electron chi connectivity index (χ0n) is 37.0. The van der Waals surface area contributed by atoms with Gasteiger partial charge in [0.2, 0.25) is 5.13 Å². The van der Waals surface area contributed by atoms with Crippen molar-refractivity contribution < 1.29 is 42.9 Å². The van der Waals surface area contributed by atoms with E-state index in [9.17, 15) is 19.2 Å². The van der Waals surface area contributed by atoms with Crippen LogP contribution in [0, 0.1) is 17.8 Å². The van der Waals surface area contributed by atoms with Gasteiger partial charge in [-0.1, -0.05) is 62.5 Å². The van der Waals surface area contributed by atoms with Gasteiger partial charge in [0.1, 0.15) is 23.9 Å². The molecule has 2 fully saturated rings. The van der Waals surface area contributed by atoms with Crippen LogP contribution in [0.3, 0.4) is 0 Å². The molecular weight excluding hydrogens is 831 g/mol. The summed E-state index contributed by atoms with van der Waals surface area (Å²) in [7, 11) is 0. The number of anilines is 1. The van der Waals surface area contributed by atoms with Gasteiger partial charge >= 0.3 is 23.9 Å². The molecule has 12 nitrogen and oxygen atoms in total. The molecule has 0 saturated heterocycles. The van der Waals surface area contributed by atoms with Crippen LogP contribution in [0.4, 0.5) is 5.13 Å². The van der Waals surface area contributed by atoms with E-state index in [4.69, 9.17) is 33.8 Å². The molecule has 3 aromatic carbocycles. The summed E-state index contributed by atoms with van der Waals surface area (Å²) in [6, 6.07) is 20.9. The smallest absolute Gasteiger partial charge is 0.330 e. The Morgan fingerprint density at radius 1 is 0.750 bits per heavy atom. The number of esters is 4. The highest BCUT2D eigenvalue weighted by molar-refractivity contribution is 7.22. The molecule has 0 aliphatic heterocycles. The van der Waals surface area contributed by atoms with Crippen LogP contribution < -0.4 is 19.2 Å². The van der Waals surface area contributed by atoms with Crippen molar-refractivity contribution in [3.05, 3.63) is 103 Å². The number of hydrogen-bond acceptors (Lipinski definition) is 13. The van der Waals surface area contributed by atoms with Gasteiger partial charge in [-0.25, -0.2) is 19.6 Å². The first-order chi connectivity index (χ1) is 31.2. The highest BCUT2D eigenvalue weighted by Crippen LogP contribution is 2.39. The average Bonchev–Trinajstić information content (AvgIpc) is 3.76. The third-order valence-electron chi connectivity index (χ3n) is 12.0. The largest absolute Gasteiger partial charge is 0.494 e. The Hall–Kier alpha value is -5.82. The van der Waals surface area contributed by atoms with Crippen LogP contribution in [0.2, 0.25) is 0 Å². The van der Waals surface area contributed by atoms with Gasteiger partial charge in [-0.05, 0) is 143 Å². The fourth-order valence-corrected chi connectivity index (χ4v) is 9.29. The fourth-order valence-electron chi connectivity index (χ4n) is 8.34. The topological polar surface area (TPSA) is 143 Å². The second kappa shape index (κ2) is 24.9. The number of nitrogens with zero attached hydrogens (tertiary/aromatic N) is 3. The van der Waals surface area contributed by atoms with Crippen molar-refractivity contribution in [3.63, 3.8) is 0 Å². The maximum Gasteiger partial charge on any atom is 0.330 e. The van der Waals surface area contributed by atoms with Crippen molar-refractivity contribution in [1.29, 1.82) is 0 Å². The standard InChI is InChI=1S/C51H61N3O9S/c1-4-13-36-16-18-37(19-17-36)40-24-29-45(41(34-40)35-52-54(30-33-61-48(56)6-3)51-53-44-14-9-10-15-46(44)64-51)63-50(58)39-22-20-38(21-23-39)49(57)62-43-27-25-42(26-28-43)59-31-11-7-8-12-32-60-47(55)5-2/h5-6,9-10,14-15,24-29,34-39H,2-4,7-8,11-13,16-23,30-33H2,1H3/b52-35+. The molecule has 0 atom stereocenters. The summed E-state index contributed by atoms with van der Waals surface area (Å²) >= 11 is 1.48. The lowest BCUT2D eigenvalue weighted by molar-refractivity contribution is -0.145. The number of ether oxygens (including phenoxy) is 5. The first-order valence-electron chi connectivity index (χ1n) is 22.8. The van der Waals surface area contributed by atoms with E-state index < -0.39 is 11.9 Å². The predicted molar refractivity (Wildman–Crippen MR) is 250 cm³/mol. The molecule has 0 amide bonds. The van der Waals surface area contributed by atoms with Gasteiger partial charge in [0.15, 0.2) is 0 Å². The number of hydrogen-bond donors (Lipinski definition) is 0. The number of para-hydroxylation sites is 1. The third-order valence-corrected chi connectivity index (χ3v) is 13.0. The van der Waals surface area contributed by atoms with Crippen molar-refractivity contribution >= 4 is 56.8 Å². The number of aromatic nitrogens is 1. The Labute approximate surface area is 380 Å². The minimum absolute atomic E-state index is 0.0700. The maximum atomic E-state index is 13.8. The monoisotopic (exact) mass is 891 g/mol. The van der Waals surface area contributed by atoms with Crippen LogP contribution in [0.15, 0.2) is 97.1 Å². The summed E-state index contributed by atoms with van der Waals surface area (Å²) in [5, 5.41) is 7.21. The average molecular weight is 892 g/mol. The number of carbonyl (C=O) groups excluding carboxylic acids is 4. The van der Waals surface area contributed by atoms with Gasteiger partial charge < -0.3 is 23.7 Å². The highest BCUT2D eigenvalue weighted by atomic mass is 32.1. The molecule has 0 bridgehead atoms. The van der Waals surface area contributed by atoms with Crippen molar-refractivity contribution in [2.24, 2.45) is 22.9 Å². The quantitative estimate of drug-likeness (QED) is 0.0175. The molecule has 0 unspecified atom stereocenters. The molecular formula is C51H61N3O9S. The summed E-state index contributed by atoms with van der Waals surface area (Å²) in [5.41, 5.74) is 2.70. The fraction of sp³-hybridized carbons (Fsp3) is 0.451. The van der Waals surface area contributed by atoms with Gasteiger partial charge in [0.05, 0.1) is 48.0 Å². The molecule has 340 valence electrons. The van der Waals surface area contributed by atoms with E-state index in [0.29, 0.717) is 72.8 Å². The summed E-state index contributed by atoms with van der Waals surface area (Å²) in [4.78, 5) is 54.8. The molecule has 2 saturated carbocycles. The molecule has 2 aliphatic carbocycles. The summed E-state index contributed by atoms with van der Waals surface area (Å²) in [5.74, 6) is 0.461. The van der Waals surface area contributed by atoms with E-state index in [-0.39, 0.29) is 36.9 Å². The molecule has 6 rings (SSSR count). The summed E-state index contributed by atoms with van der Waals surface area (Å²) in [6.07, 6.45) is 16.7. The summed E-state index contributed by atoms with van der Waals surface area (Å²) in [6.45, 7) is 10.4. The minimum Gasteiger partial charge on any atom is -0.494 e. The number of fused-ring (bicyclic) bond motifs is 1. The molecule has 0 radical (unpaired) electrons. The third kappa shape index (κ3) is 14.4. The van der Waals surface area contributed by atoms with Crippen molar-refractivity contribution in [3.8, 4) is 17.2 Å². The van der Waals surface area contributed by atoms with E-state index in [1.54, 1.807) is 35.5 Å². The Bertz CT molecular complexity index is 2170. The van der Waals surface area contributed by atoms with Crippen LogP contribution >= 0.6 is 11.3 Å². The Kier molecular flexibility index (Phi) is 18.5. The maximum absolute atomic E-state index is 13.8. The van der Waals surface area contributed by atoms with E-state index in [1.165, 1.54) is 42.6 Å². The van der Waals surface area contributed by atoms with Crippen LogP contribution in [0.5, 0.6) is 17.2 Å². The normalized spacial score (nSPS) is 18.5. The molecule has 0 spiro atoms. The molecule has 2 aliphatic rings. The van der Waals surface area contributed by atoms with Crippen LogP contribution in [-0.4, -0.2) is 61.4 Å². The van der Waals surface area contributed by atoms with Crippen molar-refractivity contribution in [2.45, 2.75) is 103 Å². The van der Waals surface area contributed by atoms with Gasteiger partial charge in [-0.15, -0.1) is 0 Å². The number of hydrazone groups is 1. The molecule has 1 aromatic heterocycles. The highest BCUT2D eigenvalue weighted by Gasteiger charge is 2.33. The molecule has 13 heteroatoms. The van der Waals surface area contributed by atoms with E-state index in [1.807, 2.05) is 30.3 Å². The second-order valence-corrected chi connectivity index (χ2v) is 17.5. The number of unbranched alkanes of at least 4 members (excludes halogenated alkanes) is 3. The Morgan fingerprint density at radius 3 is 2.06 bits per heavy atom. The lowest BCUT2D eigenvalue weighted by Crippen LogP contribution is -2.30. The molecule has 0 N–H and O–H groups in total. The van der Waals surface area contributed by atoms with E-state index in [0.717, 1.165) is 66.8 Å².